The van der Waals surface area contributed by atoms with Crippen molar-refractivity contribution in [1.82, 2.24) is 0 Å². The fraction of sp³-hybridized carbons (Fsp3) is 0.389. The van der Waals surface area contributed by atoms with Crippen LogP contribution in [0.5, 0.6) is 0 Å². The van der Waals surface area contributed by atoms with Crippen molar-refractivity contribution >= 4 is 11.6 Å². The summed E-state index contributed by atoms with van der Waals surface area (Å²) in [5.41, 5.74) is 2.08. The molecule has 0 N–H and O–H groups in total. The number of anilines is 1. The third kappa shape index (κ3) is 1.91. The van der Waals surface area contributed by atoms with Gasteiger partial charge in [-0.15, -0.1) is 0 Å². The molecule has 3 atom stereocenters. The van der Waals surface area contributed by atoms with Crippen molar-refractivity contribution in [3.8, 4) is 0 Å². The van der Waals surface area contributed by atoms with E-state index in [1.807, 2.05) is 42.2 Å². The number of hydrogen-bond donors (Lipinski definition) is 0. The average molecular weight is 297 g/mol. The highest BCUT2D eigenvalue weighted by molar-refractivity contribution is 5.95. The van der Waals surface area contributed by atoms with Crippen LogP contribution in [0.4, 0.5) is 5.69 Å². The number of nitrogens with zero attached hydrogens (tertiary/aromatic N) is 1. The molecule has 22 heavy (non-hydrogen) atoms. The Morgan fingerprint density at radius 1 is 1.27 bits per heavy atom. The predicted octanol–water partition coefficient (Wildman–Crippen LogP) is 3.86. The molecule has 2 aromatic rings. The summed E-state index contributed by atoms with van der Waals surface area (Å²) in [6, 6.07) is 11.8. The van der Waals surface area contributed by atoms with Gasteiger partial charge >= 0.3 is 0 Å². The molecule has 0 bridgehead atoms. The van der Waals surface area contributed by atoms with Crippen molar-refractivity contribution in [2.24, 2.45) is 5.92 Å². The maximum absolute atomic E-state index is 12.7. The normalized spacial score (nSPS) is 26.6. The van der Waals surface area contributed by atoms with Gasteiger partial charge in [-0.2, -0.15) is 0 Å². The Bertz CT molecular complexity index is 679. The van der Waals surface area contributed by atoms with Crippen LogP contribution in [0.1, 0.15) is 43.2 Å². The van der Waals surface area contributed by atoms with Crippen LogP contribution in [0.25, 0.3) is 0 Å². The summed E-state index contributed by atoms with van der Waals surface area (Å²) in [4.78, 5) is 14.6. The van der Waals surface area contributed by atoms with Crippen molar-refractivity contribution in [2.45, 2.75) is 31.9 Å². The molecule has 0 spiro atoms. The molecule has 1 amide bonds. The molecule has 1 fully saturated rings. The molecule has 2 aliphatic heterocycles. The lowest BCUT2D eigenvalue weighted by molar-refractivity contribution is -0.119. The quantitative estimate of drug-likeness (QED) is 0.845. The molecule has 114 valence electrons. The number of benzene rings is 1. The predicted molar refractivity (Wildman–Crippen MR) is 82.5 cm³/mol. The van der Waals surface area contributed by atoms with Crippen molar-refractivity contribution in [3.05, 3.63) is 54.0 Å². The zero-order chi connectivity index (χ0) is 15.1. The molecule has 1 aromatic heterocycles. The van der Waals surface area contributed by atoms with E-state index in [0.29, 0.717) is 6.42 Å². The first-order valence-corrected chi connectivity index (χ1v) is 7.87. The number of carbonyl (C=O) groups excluding carboxylic acids is 1. The van der Waals surface area contributed by atoms with Crippen LogP contribution < -0.4 is 4.90 Å². The zero-order valence-corrected chi connectivity index (χ0v) is 12.6. The van der Waals surface area contributed by atoms with E-state index in [2.05, 4.69) is 6.07 Å². The molecule has 0 saturated carbocycles. The third-order valence-corrected chi connectivity index (χ3v) is 4.73. The Morgan fingerprint density at radius 3 is 2.91 bits per heavy atom. The Kier molecular flexibility index (Phi) is 3.26. The molecule has 4 heteroatoms. The van der Waals surface area contributed by atoms with Gasteiger partial charge in [0, 0.05) is 24.5 Å². The number of furan rings is 1. The van der Waals surface area contributed by atoms with Crippen molar-refractivity contribution in [3.63, 3.8) is 0 Å². The van der Waals surface area contributed by atoms with Crippen molar-refractivity contribution in [1.29, 1.82) is 0 Å². The van der Waals surface area contributed by atoms with Gasteiger partial charge < -0.3 is 14.1 Å². The maximum atomic E-state index is 12.7. The van der Waals surface area contributed by atoms with Gasteiger partial charge in [-0.3, -0.25) is 4.79 Å². The highest BCUT2D eigenvalue weighted by Crippen LogP contribution is 2.53. The van der Waals surface area contributed by atoms with Crippen LogP contribution in [0.3, 0.4) is 0 Å². The summed E-state index contributed by atoms with van der Waals surface area (Å²) in [7, 11) is 0. The highest BCUT2D eigenvalue weighted by Gasteiger charge is 2.47. The number of hydrogen-bond acceptors (Lipinski definition) is 3. The minimum absolute atomic E-state index is 0.0483. The summed E-state index contributed by atoms with van der Waals surface area (Å²) in [6.07, 6.45) is 3.14. The van der Waals surface area contributed by atoms with Crippen LogP contribution in [0, 0.1) is 5.92 Å². The molecular weight excluding hydrogens is 278 g/mol. The summed E-state index contributed by atoms with van der Waals surface area (Å²) < 4.78 is 11.7. The molecule has 1 aromatic carbocycles. The minimum atomic E-state index is -0.0788. The molecule has 1 saturated heterocycles. The van der Waals surface area contributed by atoms with Crippen molar-refractivity contribution in [2.75, 3.05) is 11.5 Å². The van der Waals surface area contributed by atoms with Gasteiger partial charge in [0.05, 0.1) is 18.1 Å². The van der Waals surface area contributed by atoms with Gasteiger partial charge in [0.25, 0.3) is 0 Å². The van der Waals surface area contributed by atoms with E-state index in [-0.39, 0.29) is 24.0 Å². The second-order valence-electron chi connectivity index (χ2n) is 5.88. The fourth-order valence-electron chi connectivity index (χ4n) is 3.80. The third-order valence-electron chi connectivity index (χ3n) is 4.73. The first-order chi connectivity index (χ1) is 10.8. The van der Waals surface area contributed by atoms with E-state index in [1.54, 1.807) is 6.26 Å². The fourth-order valence-corrected chi connectivity index (χ4v) is 3.80. The Balaban J connectivity index is 1.90. The van der Waals surface area contributed by atoms with Crippen LogP contribution in [0.15, 0.2) is 47.1 Å². The Hall–Kier alpha value is -2.07. The Morgan fingerprint density at radius 2 is 2.14 bits per heavy atom. The van der Waals surface area contributed by atoms with E-state index in [9.17, 15) is 4.79 Å². The molecule has 0 unspecified atom stereocenters. The van der Waals surface area contributed by atoms with E-state index in [4.69, 9.17) is 9.15 Å². The maximum Gasteiger partial charge on any atom is 0.227 e. The molecule has 0 aliphatic carbocycles. The molecular formula is C18H19NO3. The van der Waals surface area contributed by atoms with Gasteiger partial charge in [-0.05, 0) is 24.6 Å². The first kappa shape index (κ1) is 13.6. The monoisotopic (exact) mass is 297 g/mol. The van der Waals surface area contributed by atoms with Gasteiger partial charge in [0.15, 0.2) is 0 Å². The largest absolute Gasteiger partial charge is 0.467 e. The van der Waals surface area contributed by atoms with E-state index >= 15 is 0 Å². The summed E-state index contributed by atoms with van der Waals surface area (Å²) in [5, 5.41) is 0. The van der Waals surface area contributed by atoms with Crippen LogP contribution in [-0.4, -0.2) is 12.5 Å². The van der Waals surface area contributed by atoms with E-state index in [0.717, 1.165) is 30.0 Å². The zero-order valence-electron chi connectivity index (χ0n) is 12.6. The first-order valence-electron chi connectivity index (χ1n) is 7.87. The van der Waals surface area contributed by atoms with Crippen LogP contribution >= 0.6 is 0 Å². The number of amides is 1. The molecule has 0 radical (unpaired) electrons. The summed E-state index contributed by atoms with van der Waals surface area (Å²) >= 11 is 0. The van der Waals surface area contributed by atoms with Gasteiger partial charge in [0.1, 0.15) is 11.8 Å². The van der Waals surface area contributed by atoms with Gasteiger partial charge in [-0.25, -0.2) is 0 Å². The minimum Gasteiger partial charge on any atom is -0.467 e. The van der Waals surface area contributed by atoms with Crippen LogP contribution in [-0.2, 0) is 9.53 Å². The number of para-hydroxylation sites is 1. The summed E-state index contributed by atoms with van der Waals surface area (Å²) in [5.74, 6) is 1.22. The summed E-state index contributed by atoms with van der Waals surface area (Å²) in [6.45, 7) is 2.64. The SMILES string of the molecule is CCC(=O)N1c2ccccc2[C@H]2OCC[C@H]2[C@H]1c1ccco1. The lowest BCUT2D eigenvalue weighted by Crippen LogP contribution is -2.43. The molecule has 4 nitrogen and oxygen atoms in total. The lowest BCUT2D eigenvalue weighted by Gasteiger charge is -2.42. The second-order valence-corrected chi connectivity index (χ2v) is 5.88. The van der Waals surface area contributed by atoms with Gasteiger partial charge in [-0.1, -0.05) is 25.1 Å². The second kappa shape index (κ2) is 5.29. The standard InChI is InChI=1S/C18H19NO3/c1-2-16(20)19-14-7-4-3-6-12(14)18-13(9-11-22-18)17(19)15-8-5-10-21-15/h3-8,10,13,17-18H,2,9,11H2,1H3/t13-,17-,18+/m0/s1. The van der Waals surface area contributed by atoms with Crippen molar-refractivity contribution < 1.29 is 13.9 Å². The van der Waals surface area contributed by atoms with E-state index in [1.165, 1.54) is 0 Å². The number of ether oxygens (including phenoxy) is 1. The van der Waals surface area contributed by atoms with Gasteiger partial charge in [0.2, 0.25) is 5.91 Å². The molecule has 3 heterocycles. The lowest BCUT2D eigenvalue weighted by atomic mass is 9.81. The highest BCUT2D eigenvalue weighted by atomic mass is 16.5. The van der Waals surface area contributed by atoms with E-state index < -0.39 is 0 Å². The number of fused-ring (bicyclic) bond motifs is 3. The van der Waals surface area contributed by atoms with Crippen LogP contribution in [0.2, 0.25) is 0 Å². The Labute approximate surface area is 129 Å². The molecule has 2 aliphatic rings. The number of rotatable bonds is 2. The average Bonchev–Trinajstić information content (AvgIpc) is 3.24. The molecule has 4 rings (SSSR count). The smallest absolute Gasteiger partial charge is 0.227 e. The topological polar surface area (TPSA) is 42.7 Å². The number of carbonyl (C=O) groups is 1.